The highest BCUT2D eigenvalue weighted by Crippen LogP contribution is 2.29. The Balaban J connectivity index is 1.46. The molecule has 0 aliphatic carbocycles. The van der Waals surface area contributed by atoms with Crippen LogP contribution in [0.15, 0.2) is 36.5 Å². The number of hydrogen-bond donors (Lipinski definition) is 1. The number of likely N-dealkylation sites (tertiary alicyclic amines) is 1. The number of carbonyl (C=O) groups is 1. The van der Waals surface area contributed by atoms with Crippen molar-refractivity contribution >= 4 is 17.1 Å². The molecule has 1 aromatic carbocycles. The van der Waals surface area contributed by atoms with E-state index in [1.807, 2.05) is 6.92 Å². The van der Waals surface area contributed by atoms with Gasteiger partial charge in [0.15, 0.2) is 5.65 Å². The second kappa shape index (κ2) is 6.27. The van der Waals surface area contributed by atoms with E-state index in [0.29, 0.717) is 24.6 Å². The molecule has 0 saturated carbocycles. The number of rotatable bonds is 2. The molecule has 1 saturated heterocycles. The molecule has 0 spiro atoms. The average Bonchev–Trinajstić information content (AvgIpc) is 3.04. The summed E-state index contributed by atoms with van der Waals surface area (Å²) in [4.78, 5) is 26.5. The molecule has 0 unspecified atom stereocenters. The number of fused-ring (bicyclic) bond motifs is 1. The predicted molar refractivity (Wildman–Crippen MR) is 92.9 cm³/mol. The van der Waals surface area contributed by atoms with Crippen molar-refractivity contribution in [2.24, 2.45) is 0 Å². The van der Waals surface area contributed by atoms with Gasteiger partial charge in [0.2, 0.25) is 0 Å². The van der Waals surface area contributed by atoms with Gasteiger partial charge < -0.3 is 9.88 Å². The molecule has 4 rings (SSSR count). The molecule has 5 nitrogen and oxygen atoms in total. The van der Waals surface area contributed by atoms with Gasteiger partial charge in [-0.15, -0.1) is 0 Å². The molecule has 0 bridgehead atoms. The number of H-pyrrole nitrogens is 1. The summed E-state index contributed by atoms with van der Waals surface area (Å²) in [6, 6.07) is 7.93. The lowest BCUT2D eigenvalue weighted by Gasteiger charge is -2.31. The molecule has 1 N–H and O–H groups in total. The van der Waals surface area contributed by atoms with Crippen LogP contribution >= 0.6 is 0 Å². The standard InChI is InChI=1S/C19H19FN4O/c1-12-11-21-17-10-16(23-18(17)22-12)13-5-7-24(8-6-13)19(25)14-3-2-4-15(20)9-14/h2-4,9-11,13H,5-8H2,1H3,(H,22,23). The number of benzene rings is 1. The van der Waals surface area contributed by atoms with Crippen molar-refractivity contribution < 1.29 is 9.18 Å². The Morgan fingerprint density at radius 1 is 1.28 bits per heavy atom. The summed E-state index contributed by atoms with van der Waals surface area (Å²) < 4.78 is 13.3. The summed E-state index contributed by atoms with van der Waals surface area (Å²) in [5.41, 5.74) is 4.11. The fourth-order valence-corrected chi connectivity index (χ4v) is 3.42. The van der Waals surface area contributed by atoms with Gasteiger partial charge in [0.1, 0.15) is 11.3 Å². The zero-order valence-corrected chi connectivity index (χ0v) is 14.0. The molecule has 25 heavy (non-hydrogen) atoms. The van der Waals surface area contributed by atoms with Crippen LogP contribution in [0.1, 0.15) is 40.5 Å². The highest BCUT2D eigenvalue weighted by molar-refractivity contribution is 5.94. The number of aromatic nitrogens is 3. The van der Waals surface area contributed by atoms with Gasteiger partial charge in [-0.2, -0.15) is 0 Å². The average molecular weight is 338 g/mol. The minimum absolute atomic E-state index is 0.103. The predicted octanol–water partition coefficient (Wildman–Crippen LogP) is 3.43. The number of carbonyl (C=O) groups excluding carboxylic acids is 1. The molecule has 3 heterocycles. The Kier molecular flexibility index (Phi) is 3.95. The first-order chi connectivity index (χ1) is 12.1. The van der Waals surface area contributed by atoms with Gasteiger partial charge in [-0.3, -0.25) is 9.78 Å². The Bertz CT molecular complexity index is 928. The van der Waals surface area contributed by atoms with Gasteiger partial charge in [-0.1, -0.05) is 6.07 Å². The maximum absolute atomic E-state index is 13.3. The number of aromatic amines is 1. The van der Waals surface area contributed by atoms with E-state index < -0.39 is 0 Å². The van der Waals surface area contributed by atoms with Crippen LogP contribution in [0, 0.1) is 12.7 Å². The van der Waals surface area contributed by atoms with E-state index in [2.05, 4.69) is 21.0 Å². The Hall–Kier alpha value is -2.76. The SMILES string of the molecule is Cc1cnc2cc(C3CCN(C(=O)c4cccc(F)c4)CC3)[nH]c2n1. The smallest absolute Gasteiger partial charge is 0.253 e. The van der Waals surface area contributed by atoms with Gasteiger partial charge in [0.05, 0.1) is 5.69 Å². The van der Waals surface area contributed by atoms with Gasteiger partial charge >= 0.3 is 0 Å². The third-order valence-corrected chi connectivity index (χ3v) is 4.77. The third-order valence-electron chi connectivity index (χ3n) is 4.77. The number of amides is 1. The summed E-state index contributed by atoms with van der Waals surface area (Å²) in [5.74, 6) is -0.129. The van der Waals surface area contributed by atoms with Crippen LogP contribution in [0.4, 0.5) is 4.39 Å². The van der Waals surface area contributed by atoms with Crippen LogP contribution in [0.2, 0.25) is 0 Å². The molecule has 1 fully saturated rings. The first kappa shape index (κ1) is 15.7. The zero-order chi connectivity index (χ0) is 17.4. The van der Waals surface area contributed by atoms with Crippen molar-refractivity contribution in [2.75, 3.05) is 13.1 Å². The van der Waals surface area contributed by atoms with E-state index in [1.54, 1.807) is 23.2 Å². The summed E-state index contributed by atoms with van der Waals surface area (Å²) in [6.07, 6.45) is 3.50. The number of nitrogens with one attached hydrogen (secondary N) is 1. The van der Waals surface area contributed by atoms with Crippen LogP contribution in [-0.2, 0) is 0 Å². The van der Waals surface area contributed by atoms with Gasteiger partial charge in [-0.05, 0) is 44.0 Å². The van der Waals surface area contributed by atoms with Crippen molar-refractivity contribution in [1.29, 1.82) is 0 Å². The fourth-order valence-electron chi connectivity index (χ4n) is 3.42. The Morgan fingerprint density at radius 3 is 2.84 bits per heavy atom. The van der Waals surface area contributed by atoms with Gasteiger partial charge in [-0.25, -0.2) is 9.37 Å². The molecule has 1 amide bonds. The molecule has 0 atom stereocenters. The van der Waals surface area contributed by atoms with Crippen molar-refractivity contribution in [3.8, 4) is 0 Å². The first-order valence-corrected chi connectivity index (χ1v) is 8.47. The maximum atomic E-state index is 13.3. The number of hydrogen-bond acceptors (Lipinski definition) is 3. The highest BCUT2D eigenvalue weighted by atomic mass is 19.1. The van der Waals surface area contributed by atoms with Crippen LogP contribution in [0.3, 0.4) is 0 Å². The number of nitrogens with zero attached hydrogens (tertiary/aromatic N) is 3. The molecule has 0 radical (unpaired) electrons. The topological polar surface area (TPSA) is 61.9 Å². The van der Waals surface area contributed by atoms with E-state index in [1.165, 1.54) is 12.1 Å². The molecule has 2 aromatic heterocycles. The highest BCUT2D eigenvalue weighted by Gasteiger charge is 2.26. The van der Waals surface area contributed by atoms with Crippen molar-refractivity contribution in [3.63, 3.8) is 0 Å². The molecule has 128 valence electrons. The van der Waals surface area contributed by atoms with Crippen LogP contribution in [0.25, 0.3) is 11.2 Å². The minimum Gasteiger partial charge on any atom is -0.342 e. The van der Waals surface area contributed by atoms with E-state index in [4.69, 9.17) is 0 Å². The van der Waals surface area contributed by atoms with Gasteiger partial charge in [0, 0.05) is 36.5 Å². The molecule has 3 aromatic rings. The number of piperidine rings is 1. The molecule has 6 heteroatoms. The van der Waals surface area contributed by atoms with Crippen molar-refractivity contribution in [2.45, 2.75) is 25.7 Å². The lowest BCUT2D eigenvalue weighted by atomic mass is 9.93. The van der Waals surface area contributed by atoms with Crippen LogP contribution < -0.4 is 0 Å². The van der Waals surface area contributed by atoms with Crippen LogP contribution in [0.5, 0.6) is 0 Å². The van der Waals surface area contributed by atoms with E-state index in [9.17, 15) is 9.18 Å². The largest absolute Gasteiger partial charge is 0.342 e. The van der Waals surface area contributed by atoms with E-state index in [-0.39, 0.29) is 11.7 Å². The maximum Gasteiger partial charge on any atom is 0.253 e. The lowest BCUT2D eigenvalue weighted by Crippen LogP contribution is -2.38. The summed E-state index contributed by atoms with van der Waals surface area (Å²) in [6.45, 7) is 3.24. The van der Waals surface area contributed by atoms with E-state index in [0.717, 1.165) is 35.4 Å². The lowest BCUT2D eigenvalue weighted by molar-refractivity contribution is 0.0711. The number of aryl methyl sites for hydroxylation is 1. The Morgan fingerprint density at radius 2 is 2.08 bits per heavy atom. The normalized spacial score (nSPS) is 15.7. The van der Waals surface area contributed by atoms with Gasteiger partial charge in [0.25, 0.3) is 5.91 Å². The third kappa shape index (κ3) is 3.12. The monoisotopic (exact) mass is 338 g/mol. The van der Waals surface area contributed by atoms with Crippen molar-refractivity contribution in [3.05, 3.63) is 59.3 Å². The first-order valence-electron chi connectivity index (χ1n) is 8.47. The molecular formula is C19H19FN4O. The number of halogens is 1. The van der Waals surface area contributed by atoms with E-state index >= 15 is 0 Å². The zero-order valence-electron chi connectivity index (χ0n) is 14.0. The van der Waals surface area contributed by atoms with Crippen LogP contribution in [-0.4, -0.2) is 38.8 Å². The van der Waals surface area contributed by atoms with Crippen molar-refractivity contribution in [1.82, 2.24) is 19.9 Å². The summed E-state index contributed by atoms with van der Waals surface area (Å²) in [5, 5.41) is 0. The minimum atomic E-state index is -0.380. The fraction of sp³-hybridized carbons (Fsp3) is 0.316. The second-order valence-electron chi connectivity index (χ2n) is 6.55. The molecule has 1 aliphatic rings. The quantitative estimate of drug-likeness (QED) is 0.779. The second-order valence-corrected chi connectivity index (χ2v) is 6.55. The molecule has 1 aliphatic heterocycles. The molecular weight excluding hydrogens is 319 g/mol. The summed E-state index contributed by atoms with van der Waals surface area (Å²) >= 11 is 0. The summed E-state index contributed by atoms with van der Waals surface area (Å²) in [7, 11) is 0. The Labute approximate surface area is 144 Å².